The smallest absolute Gasteiger partial charge is 0.308 e. The Bertz CT molecular complexity index is 567. The molecular weight excluding hydrogens is 429 g/mol. The number of halogens is 1. The van der Waals surface area contributed by atoms with Crippen molar-refractivity contribution < 1.29 is 9.53 Å². The molecule has 1 unspecified atom stereocenters. The first-order valence-electron chi connectivity index (χ1n) is 8.65. The van der Waals surface area contributed by atoms with Crippen LogP contribution in [0.3, 0.4) is 0 Å². The third kappa shape index (κ3) is 6.17. The van der Waals surface area contributed by atoms with Crippen LogP contribution < -0.4 is 5.32 Å². The van der Waals surface area contributed by atoms with E-state index in [1.54, 1.807) is 0 Å². The number of methoxy groups -OCH3 is 1. The largest absolute Gasteiger partial charge is 0.469 e. The summed E-state index contributed by atoms with van der Waals surface area (Å²) in [5.41, 5.74) is 2.61. The summed E-state index contributed by atoms with van der Waals surface area (Å²) >= 11 is 0. The van der Waals surface area contributed by atoms with Crippen molar-refractivity contribution in [2.45, 2.75) is 32.6 Å². The van der Waals surface area contributed by atoms with Crippen molar-refractivity contribution in [2.75, 3.05) is 33.8 Å². The molecule has 1 aliphatic heterocycles. The Labute approximate surface area is 168 Å². The van der Waals surface area contributed by atoms with Gasteiger partial charge in [-0.15, -0.1) is 24.0 Å². The van der Waals surface area contributed by atoms with Crippen LogP contribution in [-0.2, 0) is 9.53 Å². The zero-order valence-electron chi connectivity index (χ0n) is 15.6. The van der Waals surface area contributed by atoms with E-state index < -0.39 is 0 Å². The summed E-state index contributed by atoms with van der Waals surface area (Å²) in [7, 11) is 3.27. The number of aryl methyl sites for hydroxylation is 1. The Morgan fingerprint density at radius 3 is 2.44 bits per heavy atom. The molecule has 140 valence electrons. The minimum Gasteiger partial charge on any atom is -0.469 e. The second-order valence-electron chi connectivity index (χ2n) is 6.52. The van der Waals surface area contributed by atoms with E-state index in [1.807, 2.05) is 7.05 Å². The highest BCUT2D eigenvalue weighted by Crippen LogP contribution is 2.19. The molecule has 1 saturated heterocycles. The van der Waals surface area contributed by atoms with Gasteiger partial charge in [-0.3, -0.25) is 9.79 Å². The summed E-state index contributed by atoms with van der Waals surface area (Å²) in [6, 6.07) is 8.68. The van der Waals surface area contributed by atoms with Crippen LogP contribution in [0.5, 0.6) is 0 Å². The van der Waals surface area contributed by atoms with E-state index in [1.165, 1.54) is 18.2 Å². The molecule has 0 saturated carbocycles. The molecule has 0 spiro atoms. The third-order valence-electron chi connectivity index (χ3n) is 4.75. The topological polar surface area (TPSA) is 53.9 Å². The molecule has 0 bridgehead atoms. The van der Waals surface area contributed by atoms with Crippen LogP contribution in [0.1, 0.15) is 36.8 Å². The Hall–Kier alpha value is -1.31. The van der Waals surface area contributed by atoms with E-state index in [-0.39, 0.29) is 35.9 Å². The molecule has 1 aromatic carbocycles. The summed E-state index contributed by atoms with van der Waals surface area (Å²) in [5.74, 6) is 1.26. The highest BCUT2D eigenvalue weighted by atomic mass is 127. The number of aliphatic imine (C=N–C) groups is 1. The molecule has 6 heteroatoms. The van der Waals surface area contributed by atoms with E-state index in [0.717, 1.165) is 38.4 Å². The van der Waals surface area contributed by atoms with Crippen LogP contribution in [0.2, 0.25) is 0 Å². The van der Waals surface area contributed by atoms with Gasteiger partial charge >= 0.3 is 5.97 Å². The fourth-order valence-electron chi connectivity index (χ4n) is 3.08. The van der Waals surface area contributed by atoms with Crippen molar-refractivity contribution in [3.8, 4) is 0 Å². The van der Waals surface area contributed by atoms with Crippen molar-refractivity contribution in [1.29, 1.82) is 0 Å². The van der Waals surface area contributed by atoms with E-state index in [4.69, 9.17) is 4.74 Å². The van der Waals surface area contributed by atoms with Crippen molar-refractivity contribution in [3.05, 3.63) is 35.4 Å². The molecule has 2 rings (SSSR count). The quantitative estimate of drug-likeness (QED) is 0.325. The molecule has 25 heavy (non-hydrogen) atoms. The lowest BCUT2D eigenvalue weighted by Crippen LogP contribution is -2.47. The number of rotatable bonds is 4. The van der Waals surface area contributed by atoms with Gasteiger partial charge < -0.3 is 15.0 Å². The highest BCUT2D eigenvalue weighted by Gasteiger charge is 2.27. The Kier molecular flexibility index (Phi) is 9.24. The van der Waals surface area contributed by atoms with Gasteiger partial charge in [0.25, 0.3) is 0 Å². The number of likely N-dealkylation sites (tertiary alicyclic amines) is 1. The molecule has 1 aromatic rings. The third-order valence-corrected chi connectivity index (χ3v) is 4.75. The second-order valence-corrected chi connectivity index (χ2v) is 6.52. The predicted octanol–water partition coefficient (Wildman–Crippen LogP) is 3.18. The molecular formula is C19H30IN3O2. The Morgan fingerprint density at radius 2 is 1.92 bits per heavy atom. The summed E-state index contributed by atoms with van der Waals surface area (Å²) in [6.07, 6.45) is 1.64. The first-order chi connectivity index (χ1) is 11.5. The Morgan fingerprint density at radius 1 is 1.32 bits per heavy atom. The minimum absolute atomic E-state index is 0. The standard InChI is InChI=1S/C19H29N3O2.HI/c1-14-5-7-16(8-6-14)15(2)13-21-19(20-3)22-11-9-17(10-12-22)18(23)24-4;/h5-8,15,17H,9-13H2,1-4H3,(H,20,21);1H. The molecule has 1 atom stereocenters. The number of guanidine groups is 1. The van der Waals surface area contributed by atoms with Crippen LogP contribution in [0, 0.1) is 12.8 Å². The minimum atomic E-state index is -0.0920. The van der Waals surface area contributed by atoms with Crippen LogP contribution in [0.4, 0.5) is 0 Å². The van der Waals surface area contributed by atoms with E-state index >= 15 is 0 Å². The van der Waals surface area contributed by atoms with Gasteiger partial charge in [-0.2, -0.15) is 0 Å². The molecule has 1 N–H and O–H groups in total. The lowest BCUT2D eigenvalue weighted by Gasteiger charge is -2.33. The van der Waals surface area contributed by atoms with Gasteiger partial charge in [0, 0.05) is 26.7 Å². The average Bonchev–Trinajstić information content (AvgIpc) is 2.62. The first-order valence-corrected chi connectivity index (χ1v) is 8.65. The van der Waals surface area contributed by atoms with Gasteiger partial charge in [-0.25, -0.2) is 0 Å². The van der Waals surface area contributed by atoms with Crippen molar-refractivity contribution in [2.24, 2.45) is 10.9 Å². The number of nitrogens with zero attached hydrogens (tertiary/aromatic N) is 2. The van der Waals surface area contributed by atoms with Gasteiger partial charge in [-0.1, -0.05) is 36.8 Å². The van der Waals surface area contributed by atoms with E-state index in [9.17, 15) is 4.79 Å². The number of hydrogen-bond donors (Lipinski definition) is 1. The van der Waals surface area contributed by atoms with Crippen LogP contribution in [0.15, 0.2) is 29.3 Å². The molecule has 0 radical (unpaired) electrons. The Balaban J connectivity index is 0.00000312. The zero-order chi connectivity index (χ0) is 17.5. The highest BCUT2D eigenvalue weighted by molar-refractivity contribution is 14.0. The normalized spacial score (nSPS) is 16.8. The van der Waals surface area contributed by atoms with Gasteiger partial charge in [0.1, 0.15) is 0 Å². The summed E-state index contributed by atoms with van der Waals surface area (Å²) in [5, 5.41) is 3.47. The maximum atomic E-state index is 11.6. The molecule has 1 heterocycles. The zero-order valence-corrected chi connectivity index (χ0v) is 17.9. The number of carbonyl (C=O) groups excluding carboxylic acids is 1. The molecule has 0 aromatic heterocycles. The van der Waals surface area contributed by atoms with E-state index in [0.29, 0.717) is 5.92 Å². The fourth-order valence-corrected chi connectivity index (χ4v) is 3.08. The van der Waals surface area contributed by atoms with E-state index in [2.05, 4.69) is 53.3 Å². The predicted molar refractivity (Wildman–Crippen MR) is 113 cm³/mol. The molecule has 0 aliphatic carbocycles. The molecule has 0 amide bonds. The maximum absolute atomic E-state index is 11.6. The fraction of sp³-hybridized carbons (Fsp3) is 0.579. The molecule has 1 fully saturated rings. The lowest BCUT2D eigenvalue weighted by molar-refractivity contribution is -0.146. The van der Waals surface area contributed by atoms with Crippen molar-refractivity contribution in [1.82, 2.24) is 10.2 Å². The lowest BCUT2D eigenvalue weighted by atomic mass is 9.97. The van der Waals surface area contributed by atoms with Gasteiger partial charge in [0.15, 0.2) is 5.96 Å². The SMILES string of the molecule is CN=C(NCC(C)c1ccc(C)cc1)N1CCC(C(=O)OC)CC1.I. The monoisotopic (exact) mass is 459 g/mol. The first kappa shape index (κ1) is 21.7. The number of ether oxygens (including phenoxy) is 1. The summed E-state index contributed by atoms with van der Waals surface area (Å²) in [4.78, 5) is 18.2. The maximum Gasteiger partial charge on any atom is 0.308 e. The van der Waals surface area contributed by atoms with Crippen molar-refractivity contribution in [3.63, 3.8) is 0 Å². The molecule has 1 aliphatic rings. The van der Waals surface area contributed by atoms with Gasteiger partial charge in [-0.05, 0) is 31.2 Å². The number of nitrogens with one attached hydrogen (secondary N) is 1. The van der Waals surface area contributed by atoms with Gasteiger partial charge in [0.05, 0.1) is 13.0 Å². The number of piperidine rings is 1. The van der Waals surface area contributed by atoms with Crippen LogP contribution in [0.25, 0.3) is 0 Å². The second kappa shape index (κ2) is 10.6. The molecule has 5 nitrogen and oxygen atoms in total. The van der Waals surface area contributed by atoms with Crippen LogP contribution >= 0.6 is 24.0 Å². The number of carbonyl (C=O) groups is 1. The average molecular weight is 459 g/mol. The number of benzene rings is 1. The van der Waals surface area contributed by atoms with Crippen molar-refractivity contribution >= 4 is 35.9 Å². The number of hydrogen-bond acceptors (Lipinski definition) is 3. The summed E-state index contributed by atoms with van der Waals surface area (Å²) < 4.78 is 4.84. The van der Waals surface area contributed by atoms with Crippen LogP contribution in [-0.4, -0.2) is 50.6 Å². The number of esters is 1. The van der Waals surface area contributed by atoms with Gasteiger partial charge in [0.2, 0.25) is 0 Å². The summed E-state index contributed by atoms with van der Waals surface area (Å²) in [6.45, 7) is 6.82.